The topological polar surface area (TPSA) is 51.9 Å². The molecule has 0 spiro atoms. The maximum Gasteiger partial charge on any atom is 0.231 e. The highest BCUT2D eigenvalue weighted by atomic mass is 16.7. The maximum absolute atomic E-state index is 13.0. The first-order valence-corrected chi connectivity index (χ1v) is 9.99. The van der Waals surface area contributed by atoms with E-state index in [4.69, 9.17) is 13.9 Å². The standard InChI is InChI=1S/C24H25NO4/c26-24(11-9-20-8-10-22-23(15-20)29-18-28-22)25(16-21-12-14-27-17-21)13-4-7-19-5-2-1-3-6-19/h1-3,5-6,8,10,12,14-15,17H,4,7,9,11,13,16,18H2. The van der Waals surface area contributed by atoms with Crippen LogP contribution in [0.3, 0.4) is 0 Å². The van der Waals surface area contributed by atoms with E-state index < -0.39 is 0 Å². The SMILES string of the molecule is O=C(CCc1ccc2c(c1)OCO2)N(CCCc1ccccc1)Cc1ccoc1. The molecule has 0 radical (unpaired) electrons. The van der Waals surface area contributed by atoms with Crippen LogP contribution in [-0.4, -0.2) is 24.1 Å². The fourth-order valence-electron chi connectivity index (χ4n) is 3.52. The Balaban J connectivity index is 1.34. The Kier molecular flexibility index (Phi) is 6.15. The van der Waals surface area contributed by atoms with E-state index in [1.54, 1.807) is 12.5 Å². The Morgan fingerprint density at radius 1 is 0.897 bits per heavy atom. The van der Waals surface area contributed by atoms with Crippen molar-refractivity contribution in [2.45, 2.75) is 32.2 Å². The van der Waals surface area contributed by atoms with Gasteiger partial charge in [0.1, 0.15) is 0 Å². The number of ether oxygens (including phenoxy) is 2. The third kappa shape index (κ3) is 5.19. The summed E-state index contributed by atoms with van der Waals surface area (Å²) < 4.78 is 16.0. The zero-order valence-electron chi connectivity index (χ0n) is 16.4. The molecule has 0 aliphatic carbocycles. The Hall–Kier alpha value is -3.21. The normalized spacial score (nSPS) is 12.1. The van der Waals surface area contributed by atoms with Crippen molar-refractivity contribution in [1.29, 1.82) is 0 Å². The summed E-state index contributed by atoms with van der Waals surface area (Å²) in [6.07, 6.45) is 6.37. The molecular weight excluding hydrogens is 366 g/mol. The van der Waals surface area contributed by atoms with Crippen molar-refractivity contribution in [3.8, 4) is 11.5 Å². The zero-order chi connectivity index (χ0) is 19.9. The first-order valence-electron chi connectivity index (χ1n) is 9.99. The van der Waals surface area contributed by atoms with E-state index >= 15 is 0 Å². The molecule has 3 aromatic rings. The fraction of sp³-hybridized carbons (Fsp3) is 0.292. The molecule has 150 valence electrons. The van der Waals surface area contributed by atoms with Gasteiger partial charge in [-0.05, 0) is 48.6 Å². The van der Waals surface area contributed by atoms with Crippen molar-refractivity contribution in [3.05, 3.63) is 83.8 Å². The third-order valence-corrected chi connectivity index (χ3v) is 5.11. The second kappa shape index (κ2) is 9.32. The van der Waals surface area contributed by atoms with Gasteiger partial charge in [0, 0.05) is 25.1 Å². The van der Waals surface area contributed by atoms with Gasteiger partial charge in [-0.1, -0.05) is 36.4 Å². The molecule has 2 heterocycles. The van der Waals surface area contributed by atoms with Gasteiger partial charge in [0.15, 0.2) is 11.5 Å². The Morgan fingerprint density at radius 2 is 1.76 bits per heavy atom. The number of hydrogen-bond donors (Lipinski definition) is 0. The maximum atomic E-state index is 13.0. The number of carbonyl (C=O) groups excluding carboxylic acids is 1. The lowest BCUT2D eigenvalue weighted by Crippen LogP contribution is -2.31. The Labute approximate surface area is 170 Å². The van der Waals surface area contributed by atoms with Gasteiger partial charge in [0.25, 0.3) is 0 Å². The van der Waals surface area contributed by atoms with Crippen molar-refractivity contribution < 1.29 is 18.7 Å². The monoisotopic (exact) mass is 391 g/mol. The number of benzene rings is 2. The van der Waals surface area contributed by atoms with Crippen LogP contribution in [0.25, 0.3) is 0 Å². The van der Waals surface area contributed by atoms with Crippen LogP contribution in [0.1, 0.15) is 29.5 Å². The van der Waals surface area contributed by atoms with Crippen molar-refractivity contribution in [1.82, 2.24) is 4.90 Å². The number of rotatable bonds is 9. The highest BCUT2D eigenvalue weighted by Gasteiger charge is 2.17. The first kappa shape index (κ1) is 19.1. The molecule has 0 N–H and O–H groups in total. The second-order valence-corrected chi connectivity index (χ2v) is 7.22. The van der Waals surface area contributed by atoms with Crippen molar-refractivity contribution >= 4 is 5.91 Å². The summed E-state index contributed by atoms with van der Waals surface area (Å²) in [5.41, 5.74) is 3.39. The minimum absolute atomic E-state index is 0.150. The van der Waals surface area contributed by atoms with E-state index in [9.17, 15) is 4.79 Å². The van der Waals surface area contributed by atoms with E-state index in [-0.39, 0.29) is 12.7 Å². The summed E-state index contributed by atoms with van der Waals surface area (Å²) in [5, 5.41) is 0. The number of hydrogen-bond acceptors (Lipinski definition) is 4. The lowest BCUT2D eigenvalue weighted by atomic mass is 10.1. The van der Waals surface area contributed by atoms with Gasteiger partial charge in [-0.2, -0.15) is 0 Å². The molecule has 0 atom stereocenters. The van der Waals surface area contributed by atoms with E-state index in [0.29, 0.717) is 19.4 Å². The molecule has 1 aromatic heterocycles. The summed E-state index contributed by atoms with van der Waals surface area (Å²) in [7, 11) is 0. The molecule has 0 saturated carbocycles. The van der Waals surface area contributed by atoms with Crippen LogP contribution in [0, 0.1) is 0 Å². The molecule has 4 rings (SSSR count). The lowest BCUT2D eigenvalue weighted by molar-refractivity contribution is -0.131. The van der Waals surface area contributed by atoms with Gasteiger partial charge in [0.2, 0.25) is 12.7 Å². The summed E-state index contributed by atoms with van der Waals surface area (Å²) in [4.78, 5) is 14.9. The minimum Gasteiger partial charge on any atom is -0.472 e. The molecule has 5 heteroatoms. The highest BCUT2D eigenvalue weighted by molar-refractivity contribution is 5.76. The van der Waals surface area contributed by atoms with Crippen LogP contribution < -0.4 is 9.47 Å². The number of carbonyl (C=O) groups is 1. The smallest absolute Gasteiger partial charge is 0.231 e. The van der Waals surface area contributed by atoms with Crippen molar-refractivity contribution in [2.75, 3.05) is 13.3 Å². The molecule has 1 amide bonds. The number of amides is 1. The molecule has 1 aliphatic rings. The molecule has 5 nitrogen and oxygen atoms in total. The summed E-state index contributed by atoms with van der Waals surface area (Å²) >= 11 is 0. The molecule has 2 aromatic carbocycles. The fourth-order valence-corrected chi connectivity index (χ4v) is 3.52. The summed E-state index contributed by atoms with van der Waals surface area (Å²) in [6.45, 7) is 1.56. The quantitative estimate of drug-likeness (QED) is 0.535. The van der Waals surface area contributed by atoms with Crippen LogP contribution in [0.4, 0.5) is 0 Å². The van der Waals surface area contributed by atoms with Crippen LogP contribution in [-0.2, 0) is 24.2 Å². The minimum atomic E-state index is 0.150. The molecule has 1 aliphatic heterocycles. The molecule has 0 bridgehead atoms. The van der Waals surface area contributed by atoms with Crippen LogP contribution >= 0.6 is 0 Å². The largest absolute Gasteiger partial charge is 0.472 e. The number of aryl methyl sites for hydroxylation is 2. The van der Waals surface area contributed by atoms with Gasteiger partial charge < -0.3 is 18.8 Å². The van der Waals surface area contributed by atoms with Gasteiger partial charge in [-0.15, -0.1) is 0 Å². The number of furan rings is 1. The number of fused-ring (bicyclic) bond motifs is 1. The Morgan fingerprint density at radius 3 is 2.59 bits per heavy atom. The first-order chi connectivity index (χ1) is 14.3. The van der Waals surface area contributed by atoms with E-state index in [1.807, 2.05) is 35.2 Å². The van der Waals surface area contributed by atoms with Gasteiger partial charge in [-0.3, -0.25) is 4.79 Å². The average Bonchev–Trinajstić information content (AvgIpc) is 3.43. The summed E-state index contributed by atoms with van der Waals surface area (Å²) in [6, 6.07) is 18.2. The highest BCUT2D eigenvalue weighted by Crippen LogP contribution is 2.32. The predicted molar refractivity (Wildman–Crippen MR) is 110 cm³/mol. The van der Waals surface area contributed by atoms with Crippen LogP contribution in [0.5, 0.6) is 11.5 Å². The molecular formula is C24H25NO4. The average molecular weight is 391 g/mol. The predicted octanol–water partition coefficient (Wildman–Crippen LogP) is 4.60. The summed E-state index contributed by atoms with van der Waals surface area (Å²) in [5.74, 6) is 1.67. The van der Waals surface area contributed by atoms with Crippen LogP contribution in [0.2, 0.25) is 0 Å². The van der Waals surface area contributed by atoms with E-state index in [2.05, 4.69) is 24.3 Å². The third-order valence-electron chi connectivity index (χ3n) is 5.11. The van der Waals surface area contributed by atoms with E-state index in [0.717, 1.165) is 42.0 Å². The second-order valence-electron chi connectivity index (χ2n) is 7.22. The molecule has 0 saturated heterocycles. The van der Waals surface area contributed by atoms with E-state index in [1.165, 1.54) is 5.56 Å². The molecule has 29 heavy (non-hydrogen) atoms. The van der Waals surface area contributed by atoms with Crippen molar-refractivity contribution in [2.24, 2.45) is 0 Å². The zero-order valence-corrected chi connectivity index (χ0v) is 16.4. The molecule has 0 unspecified atom stereocenters. The van der Waals surface area contributed by atoms with Gasteiger partial charge >= 0.3 is 0 Å². The van der Waals surface area contributed by atoms with Crippen molar-refractivity contribution in [3.63, 3.8) is 0 Å². The van der Waals surface area contributed by atoms with Gasteiger partial charge in [-0.25, -0.2) is 0 Å². The Bertz CT molecular complexity index is 921. The van der Waals surface area contributed by atoms with Gasteiger partial charge in [0.05, 0.1) is 12.5 Å². The molecule has 0 fully saturated rings. The van der Waals surface area contributed by atoms with Crippen LogP contribution in [0.15, 0.2) is 71.5 Å². The lowest BCUT2D eigenvalue weighted by Gasteiger charge is -2.22. The number of nitrogens with zero attached hydrogens (tertiary/aromatic N) is 1.